The van der Waals surface area contributed by atoms with Gasteiger partial charge in [0.1, 0.15) is 12.4 Å². The summed E-state index contributed by atoms with van der Waals surface area (Å²) in [4.78, 5) is 34.2. The first-order chi connectivity index (χ1) is 17.9. The molecule has 2 aliphatic heterocycles. The highest BCUT2D eigenvalue weighted by Gasteiger charge is 2.34. The van der Waals surface area contributed by atoms with Crippen molar-refractivity contribution in [1.29, 1.82) is 0 Å². The Labute approximate surface area is 219 Å². The topological polar surface area (TPSA) is 67.7 Å². The Balaban J connectivity index is 1.55. The van der Waals surface area contributed by atoms with E-state index < -0.39 is 0 Å². The molecule has 4 aromatic rings. The molecule has 8 heteroatoms. The van der Waals surface area contributed by atoms with Gasteiger partial charge in [-0.15, -0.1) is 0 Å². The number of ether oxygens (including phenoxy) is 1. The van der Waals surface area contributed by atoms with Crippen LogP contribution in [0.5, 0.6) is 5.75 Å². The highest BCUT2D eigenvalue weighted by atomic mass is 35.5. The quantitative estimate of drug-likeness (QED) is 0.365. The van der Waals surface area contributed by atoms with Crippen molar-refractivity contribution >= 4 is 45.0 Å². The molecule has 1 saturated heterocycles. The molecule has 0 saturated carbocycles. The zero-order chi connectivity index (χ0) is 25.8. The van der Waals surface area contributed by atoms with Crippen LogP contribution in [-0.2, 0) is 11.3 Å². The highest BCUT2D eigenvalue weighted by molar-refractivity contribution is 6.36. The van der Waals surface area contributed by atoms with Crippen molar-refractivity contribution in [2.45, 2.75) is 32.5 Å². The summed E-state index contributed by atoms with van der Waals surface area (Å²) >= 11 is 6.65. The van der Waals surface area contributed by atoms with E-state index >= 15 is 0 Å². The number of anilines is 1. The van der Waals surface area contributed by atoms with Crippen LogP contribution in [-0.4, -0.2) is 52.1 Å². The smallest absolute Gasteiger partial charge is 0.350 e. The molecule has 3 aromatic carbocycles. The maximum Gasteiger partial charge on any atom is 0.350 e. The molecule has 3 heterocycles. The van der Waals surface area contributed by atoms with Crippen LogP contribution in [0, 0.1) is 0 Å². The van der Waals surface area contributed by atoms with Crippen molar-refractivity contribution in [2.75, 3.05) is 24.6 Å². The number of carbonyl (C=O) groups excluding carboxylic acids is 1. The molecule has 37 heavy (non-hydrogen) atoms. The first-order valence-electron chi connectivity index (χ1n) is 12.5. The van der Waals surface area contributed by atoms with Gasteiger partial charge in [-0.05, 0) is 49.1 Å². The minimum absolute atomic E-state index is 0.0325. The van der Waals surface area contributed by atoms with Gasteiger partial charge in [-0.2, -0.15) is 4.98 Å². The van der Waals surface area contributed by atoms with E-state index in [4.69, 9.17) is 16.3 Å². The molecular formula is C29H27ClN4O3. The second-order valence-corrected chi connectivity index (χ2v) is 10.2. The number of carbonyl (C=O) groups is 1. The lowest BCUT2D eigenvalue weighted by Crippen LogP contribution is -2.58. The summed E-state index contributed by atoms with van der Waals surface area (Å²) in [6.45, 7) is 9.58. The molecule has 0 aliphatic carbocycles. The molecule has 1 fully saturated rings. The van der Waals surface area contributed by atoms with E-state index in [0.717, 1.165) is 32.8 Å². The summed E-state index contributed by atoms with van der Waals surface area (Å²) in [5, 5.41) is 3.51. The number of hydrogen-bond donors (Lipinski definition) is 0. The Morgan fingerprint density at radius 2 is 1.86 bits per heavy atom. The van der Waals surface area contributed by atoms with Crippen molar-refractivity contribution in [3.63, 3.8) is 0 Å². The first-order valence-corrected chi connectivity index (χ1v) is 12.8. The number of benzene rings is 3. The predicted octanol–water partition coefficient (Wildman–Crippen LogP) is 4.87. The van der Waals surface area contributed by atoms with Crippen LogP contribution in [0.25, 0.3) is 32.8 Å². The van der Waals surface area contributed by atoms with Crippen LogP contribution in [0.3, 0.4) is 0 Å². The van der Waals surface area contributed by atoms with Gasteiger partial charge in [0.15, 0.2) is 5.75 Å². The van der Waals surface area contributed by atoms with Gasteiger partial charge in [-0.3, -0.25) is 9.36 Å². The Morgan fingerprint density at radius 3 is 2.65 bits per heavy atom. The number of rotatable bonds is 3. The number of halogens is 1. The first kappa shape index (κ1) is 23.6. The summed E-state index contributed by atoms with van der Waals surface area (Å²) in [7, 11) is 0. The fourth-order valence-electron chi connectivity index (χ4n) is 5.72. The minimum atomic E-state index is -0.301. The molecule has 1 amide bonds. The van der Waals surface area contributed by atoms with Crippen LogP contribution in [0.1, 0.15) is 13.8 Å². The van der Waals surface area contributed by atoms with Crippen molar-refractivity contribution in [2.24, 2.45) is 0 Å². The van der Waals surface area contributed by atoms with Crippen molar-refractivity contribution in [3.8, 4) is 16.9 Å². The molecule has 2 atom stereocenters. The molecule has 6 rings (SSSR count). The van der Waals surface area contributed by atoms with Crippen LogP contribution in [0.2, 0.25) is 5.02 Å². The second kappa shape index (κ2) is 8.92. The summed E-state index contributed by atoms with van der Waals surface area (Å²) in [6, 6.07) is 15.9. The van der Waals surface area contributed by atoms with Crippen LogP contribution < -0.4 is 15.3 Å². The fourth-order valence-corrected chi connectivity index (χ4v) is 6.00. The molecule has 0 radical (unpaired) electrons. The van der Waals surface area contributed by atoms with Gasteiger partial charge in [0.05, 0.1) is 12.1 Å². The lowest BCUT2D eigenvalue weighted by atomic mass is 9.95. The van der Waals surface area contributed by atoms with E-state index in [9.17, 15) is 9.59 Å². The number of piperazine rings is 1. The maximum absolute atomic E-state index is 13.3. The van der Waals surface area contributed by atoms with Gasteiger partial charge < -0.3 is 14.5 Å². The Morgan fingerprint density at radius 1 is 1.08 bits per heavy atom. The van der Waals surface area contributed by atoms with Gasteiger partial charge in [-0.25, -0.2) is 4.79 Å². The number of hydrogen-bond acceptors (Lipinski definition) is 5. The monoisotopic (exact) mass is 514 g/mol. The maximum atomic E-state index is 13.3. The molecule has 0 bridgehead atoms. The van der Waals surface area contributed by atoms with E-state index in [0.29, 0.717) is 42.8 Å². The summed E-state index contributed by atoms with van der Waals surface area (Å²) in [5.41, 5.74) is 2.29. The van der Waals surface area contributed by atoms with Gasteiger partial charge in [0.25, 0.3) is 0 Å². The van der Waals surface area contributed by atoms with E-state index in [1.165, 1.54) is 6.08 Å². The minimum Gasteiger partial charge on any atom is -0.489 e. The third-order valence-corrected chi connectivity index (χ3v) is 7.81. The third-order valence-electron chi connectivity index (χ3n) is 7.50. The van der Waals surface area contributed by atoms with Crippen LogP contribution >= 0.6 is 11.6 Å². The molecule has 0 N–H and O–H groups in total. The lowest BCUT2D eigenvalue weighted by Gasteiger charge is -2.44. The van der Waals surface area contributed by atoms with Gasteiger partial charge in [0, 0.05) is 46.5 Å². The average Bonchev–Trinajstić information content (AvgIpc) is 2.91. The zero-order valence-electron chi connectivity index (χ0n) is 20.8. The van der Waals surface area contributed by atoms with E-state index in [-0.39, 0.29) is 23.7 Å². The molecule has 0 spiro atoms. The van der Waals surface area contributed by atoms with E-state index in [2.05, 4.69) is 16.5 Å². The number of nitrogens with zero attached hydrogens (tertiary/aromatic N) is 4. The number of fused-ring (bicyclic) bond motifs is 1. The highest BCUT2D eigenvalue weighted by Crippen LogP contribution is 2.44. The molecule has 188 valence electrons. The Hall–Kier alpha value is -3.84. The summed E-state index contributed by atoms with van der Waals surface area (Å²) in [5.74, 6) is 1.20. The molecular weight excluding hydrogens is 488 g/mol. The van der Waals surface area contributed by atoms with Gasteiger partial charge in [-0.1, -0.05) is 48.5 Å². The normalized spacial score (nSPS) is 19.2. The molecule has 0 unspecified atom stereocenters. The SMILES string of the molecule is C=CC(=O)N1C[C@H](C)N(c2nc(=O)n3c4c(c(-c5cccc6cccc(Cl)c56)ccc24)OCC3)C[C@H]1C. The molecule has 1 aromatic heterocycles. The second-order valence-electron chi connectivity index (χ2n) is 9.75. The van der Waals surface area contributed by atoms with Crippen molar-refractivity contribution < 1.29 is 9.53 Å². The predicted molar refractivity (Wildman–Crippen MR) is 148 cm³/mol. The van der Waals surface area contributed by atoms with Gasteiger partial charge in [0.2, 0.25) is 5.91 Å². The Bertz CT molecular complexity index is 1640. The zero-order valence-corrected chi connectivity index (χ0v) is 21.5. The number of amides is 1. The Kier molecular flexibility index (Phi) is 5.68. The fraction of sp³-hybridized carbons (Fsp3) is 0.276. The summed E-state index contributed by atoms with van der Waals surface area (Å²) < 4.78 is 7.97. The van der Waals surface area contributed by atoms with Crippen molar-refractivity contribution in [1.82, 2.24) is 14.5 Å². The van der Waals surface area contributed by atoms with Crippen LogP contribution in [0.15, 0.2) is 66.0 Å². The average molecular weight is 515 g/mol. The number of aromatic nitrogens is 2. The standard InChI is InChI=1S/C29H27ClN4O3/c1-4-24(35)33-15-18(3)34(16-17(33)2)28-22-12-11-21(27-26(22)32(13-14-37-27)29(36)31-28)20-9-5-7-19-8-6-10-23(30)25(19)20/h4-12,17-18H,1,13-16H2,2-3H3/t17-,18+/m1/s1. The van der Waals surface area contributed by atoms with E-state index in [1.54, 1.807) is 4.57 Å². The molecule has 7 nitrogen and oxygen atoms in total. The molecule has 2 aliphatic rings. The largest absolute Gasteiger partial charge is 0.489 e. The third kappa shape index (κ3) is 3.68. The van der Waals surface area contributed by atoms with Gasteiger partial charge >= 0.3 is 5.69 Å². The lowest BCUT2D eigenvalue weighted by molar-refractivity contribution is -0.128. The van der Waals surface area contributed by atoms with Crippen molar-refractivity contribution in [3.05, 3.63) is 76.7 Å². The van der Waals surface area contributed by atoms with E-state index in [1.807, 2.05) is 67.3 Å². The summed E-state index contributed by atoms with van der Waals surface area (Å²) in [6.07, 6.45) is 1.35. The van der Waals surface area contributed by atoms with Crippen LogP contribution in [0.4, 0.5) is 5.82 Å².